The Bertz CT molecular complexity index is 2250. The Morgan fingerprint density at radius 2 is 0.966 bits per heavy atom. The van der Waals surface area contributed by atoms with Crippen molar-refractivity contribution in [1.82, 2.24) is 45.0 Å². The highest BCUT2D eigenvalue weighted by Crippen LogP contribution is 2.18. The number of hydrogen-bond acceptors (Lipinski definition) is 10. The maximum absolute atomic E-state index is 13.6. The molecular weight excluding hydrogens is 725 g/mol. The summed E-state index contributed by atoms with van der Waals surface area (Å²) in [5.41, 5.74) is 7.93. The van der Waals surface area contributed by atoms with Crippen LogP contribution in [0.3, 0.4) is 0 Å². The Morgan fingerprint density at radius 3 is 1.45 bits per heavy atom. The van der Waals surface area contributed by atoms with E-state index in [4.69, 9.17) is 0 Å². The molecule has 0 aliphatic carbocycles. The molecule has 2 N–H and O–H groups in total. The molecule has 0 spiro atoms. The lowest BCUT2D eigenvalue weighted by Crippen LogP contribution is -2.26. The van der Waals surface area contributed by atoms with Gasteiger partial charge in [0, 0.05) is 88.7 Å². The lowest BCUT2D eigenvalue weighted by Gasteiger charge is -2.22. The number of amides is 2. The SMILES string of the molecule is O=C(NCCc1ccc(NC(=O)c2cccnc2CN(Cc2ccccn2)Cc2ccccn2)cc1)c1ccc(CN(Cc2ccccn2)Cc2ccccn2)nc1. The first kappa shape index (κ1) is 39.2. The molecule has 0 saturated carbocycles. The molecule has 2 amide bonds. The number of hydrogen-bond donors (Lipinski definition) is 2. The van der Waals surface area contributed by atoms with Crippen LogP contribution in [0.1, 0.15) is 60.4 Å². The molecule has 0 saturated heterocycles. The van der Waals surface area contributed by atoms with Gasteiger partial charge in [-0.3, -0.25) is 49.3 Å². The predicted molar refractivity (Wildman–Crippen MR) is 222 cm³/mol. The van der Waals surface area contributed by atoms with E-state index in [1.54, 1.807) is 55.4 Å². The van der Waals surface area contributed by atoms with Crippen molar-refractivity contribution >= 4 is 17.5 Å². The maximum atomic E-state index is 13.6. The molecule has 0 fully saturated rings. The molecule has 12 heteroatoms. The lowest BCUT2D eigenvalue weighted by molar-refractivity contribution is 0.0952. The molecule has 0 unspecified atom stereocenters. The predicted octanol–water partition coefficient (Wildman–Crippen LogP) is 6.69. The third-order valence-electron chi connectivity index (χ3n) is 9.34. The first-order valence-corrected chi connectivity index (χ1v) is 19.2. The van der Waals surface area contributed by atoms with Gasteiger partial charge in [-0.1, -0.05) is 36.4 Å². The first-order valence-electron chi connectivity index (χ1n) is 19.2. The molecule has 0 bridgehead atoms. The van der Waals surface area contributed by atoms with E-state index in [9.17, 15) is 9.59 Å². The Hall–Kier alpha value is -7.02. The van der Waals surface area contributed by atoms with Crippen LogP contribution in [-0.4, -0.2) is 58.1 Å². The summed E-state index contributed by atoms with van der Waals surface area (Å²) in [4.78, 5) is 58.2. The number of anilines is 1. The highest BCUT2D eigenvalue weighted by molar-refractivity contribution is 6.05. The minimum absolute atomic E-state index is 0.187. The van der Waals surface area contributed by atoms with Gasteiger partial charge in [-0.15, -0.1) is 0 Å². The van der Waals surface area contributed by atoms with E-state index in [0.717, 1.165) is 34.0 Å². The summed E-state index contributed by atoms with van der Waals surface area (Å²) in [5.74, 6) is -0.430. The normalized spacial score (nSPS) is 11.1. The average molecular weight is 769 g/mol. The zero-order valence-electron chi connectivity index (χ0n) is 32.1. The van der Waals surface area contributed by atoms with Crippen molar-refractivity contribution in [2.45, 2.75) is 45.7 Å². The summed E-state index contributed by atoms with van der Waals surface area (Å²) in [6.07, 6.45) is 11.1. The molecule has 6 heterocycles. The van der Waals surface area contributed by atoms with E-state index in [1.165, 1.54) is 0 Å². The molecule has 7 rings (SSSR count). The monoisotopic (exact) mass is 768 g/mol. The van der Waals surface area contributed by atoms with Crippen LogP contribution in [0, 0.1) is 0 Å². The second-order valence-electron chi connectivity index (χ2n) is 13.8. The van der Waals surface area contributed by atoms with Crippen LogP contribution in [-0.2, 0) is 45.7 Å². The Balaban J connectivity index is 0.904. The van der Waals surface area contributed by atoms with Crippen LogP contribution in [0.15, 0.2) is 159 Å². The Morgan fingerprint density at radius 1 is 0.466 bits per heavy atom. The highest BCUT2D eigenvalue weighted by Gasteiger charge is 2.18. The number of benzene rings is 1. The van der Waals surface area contributed by atoms with Gasteiger partial charge in [-0.25, -0.2) is 0 Å². The molecule has 1 aromatic carbocycles. The van der Waals surface area contributed by atoms with Gasteiger partial charge >= 0.3 is 0 Å². The van der Waals surface area contributed by atoms with Crippen LogP contribution in [0.4, 0.5) is 5.69 Å². The average Bonchev–Trinajstić information content (AvgIpc) is 3.26. The molecule has 290 valence electrons. The summed E-state index contributed by atoms with van der Waals surface area (Å²) < 4.78 is 0. The van der Waals surface area contributed by atoms with Crippen molar-refractivity contribution in [3.63, 3.8) is 0 Å². The van der Waals surface area contributed by atoms with Crippen LogP contribution >= 0.6 is 0 Å². The zero-order valence-corrected chi connectivity index (χ0v) is 32.1. The van der Waals surface area contributed by atoms with Gasteiger partial charge in [0.1, 0.15) is 0 Å². The number of rotatable bonds is 18. The summed E-state index contributed by atoms with van der Waals surface area (Å²) in [7, 11) is 0. The van der Waals surface area contributed by atoms with Crippen molar-refractivity contribution in [1.29, 1.82) is 0 Å². The van der Waals surface area contributed by atoms with Crippen LogP contribution < -0.4 is 10.6 Å². The fourth-order valence-corrected chi connectivity index (χ4v) is 6.46. The molecule has 7 aromatic rings. The highest BCUT2D eigenvalue weighted by atomic mass is 16.2. The summed E-state index contributed by atoms with van der Waals surface area (Å²) in [6, 6.07) is 38.4. The van der Waals surface area contributed by atoms with Crippen LogP contribution in [0.5, 0.6) is 0 Å². The van der Waals surface area contributed by atoms with Crippen molar-refractivity contribution in [2.24, 2.45) is 0 Å². The van der Waals surface area contributed by atoms with E-state index < -0.39 is 0 Å². The van der Waals surface area contributed by atoms with Gasteiger partial charge in [0.2, 0.25) is 0 Å². The number of nitrogens with zero attached hydrogens (tertiary/aromatic N) is 8. The maximum Gasteiger partial charge on any atom is 0.257 e. The number of aromatic nitrogens is 6. The molecule has 12 nitrogen and oxygen atoms in total. The van der Waals surface area contributed by atoms with Crippen molar-refractivity contribution in [2.75, 3.05) is 11.9 Å². The van der Waals surface area contributed by atoms with Gasteiger partial charge in [0.05, 0.1) is 45.3 Å². The summed E-state index contributed by atoms with van der Waals surface area (Å²) in [5, 5.41) is 6.03. The van der Waals surface area contributed by atoms with E-state index >= 15 is 0 Å². The van der Waals surface area contributed by atoms with Gasteiger partial charge in [0.15, 0.2) is 0 Å². The van der Waals surface area contributed by atoms with E-state index in [-0.39, 0.29) is 11.8 Å². The third-order valence-corrected chi connectivity index (χ3v) is 9.34. The van der Waals surface area contributed by atoms with Crippen LogP contribution in [0.2, 0.25) is 0 Å². The smallest absolute Gasteiger partial charge is 0.257 e. The van der Waals surface area contributed by atoms with Gasteiger partial charge in [-0.05, 0) is 96.9 Å². The van der Waals surface area contributed by atoms with E-state index in [1.807, 2.05) is 103 Å². The van der Waals surface area contributed by atoms with E-state index in [2.05, 4.69) is 50.3 Å². The largest absolute Gasteiger partial charge is 0.352 e. The number of carbonyl (C=O) groups excluding carboxylic acids is 2. The third kappa shape index (κ3) is 11.7. The molecule has 0 atom stereocenters. The Kier molecular flexibility index (Phi) is 13.7. The minimum atomic E-state index is -0.243. The van der Waals surface area contributed by atoms with Gasteiger partial charge in [0.25, 0.3) is 11.8 Å². The molecule has 0 aliphatic heterocycles. The molecule has 58 heavy (non-hydrogen) atoms. The standard InChI is InChI=1S/C46H44N10O2/c57-45(36-17-20-42(53-28-36)33-55(29-38-10-1-5-22-47-38)30-39-11-2-6-23-48-39)52-27-21-35-15-18-37(19-16-35)54-46(58)43-14-9-26-51-44(43)34-56(31-40-12-3-7-24-49-40)32-41-13-4-8-25-50-41/h1-20,22-26,28H,21,27,29-34H2,(H,52,57)(H,54,58). The molecule has 0 radical (unpaired) electrons. The quantitative estimate of drug-likeness (QED) is 0.0971. The fourth-order valence-electron chi connectivity index (χ4n) is 6.46. The number of carbonyl (C=O) groups is 2. The zero-order chi connectivity index (χ0) is 39.8. The summed E-state index contributed by atoms with van der Waals surface area (Å²) in [6.45, 7) is 3.87. The molecule has 0 aliphatic rings. The van der Waals surface area contributed by atoms with Crippen molar-refractivity contribution in [3.8, 4) is 0 Å². The van der Waals surface area contributed by atoms with E-state index in [0.29, 0.717) is 74.7 Å². The molecular formula is C46H44N10O2. The topological polar surface area (TPSA) is 142 Å². The van der Waals surface area contributed by atoms with Crippen LogP contribution in [0.25, 0.3) is 0 Å². The second-order valence-corrected chi connectivity index (χ2v) is 13.8. The Labute approximate surface area is 338 Å². The van der Waals surface area contributed by atoms with Crippen molar-refractivity contribution in [3.05, 3.63) is 209 Å². The summed E-state index contributed by atoms with van der Waals surface area (Å²) >= 11 is 0. The first-order chi connectivity index (χ1) is 28.5. The van der Waals surface area contributed by atoms with Gasteiger partial charge < -0.3 is 10.6 Å². The number of nitrogens with one attached hydrogen (secondary N) is 2. The molecule has 6 aromatic heterocycles. The lowest BCUT2D eigenvalue weighted by atomic mass is 10.1. The van der Waals surface area contributed by atoms with Crippen molar-refractivity contribution < 1.29 is 9.59 Å². The van der Waals surface area contributed by atoms with Gasteiger partial charge in [-0.2, -0.15) is 0 Å². The minimum Gasteiger partial charge on any atom is -0.352 e. The number of pyridine rings is 6. The fraction of sp³-hybridized carbons (Fsp3) is 0.174. The second kappa shape index (κ2) is 20.2.